The molecule has 0 bridgehead atoms. The second-order valence-electron chi connectivity index (χ2n) is 4.08. The predicted octanol–water partition coefficient (Wildman–Crippen LogP) is 2.36. The molecule has 0 radical (unpaired) electrons. The van der Waals surface area contributed by atoms with Crippen LogP contribution in [0.1, 0.15) is 38.7 Å². The molecule has 16 heavy (non-hydrogen) atoms. The highest BCUT2D eigenvalue weighted by atomic mass is 32.2. The molecule has 1 heterocycles. The maximum Gasteiger partial charge on any atom is 0.232 e. The van der Waals surface area contributed by atoms with E-state index >= 15 is 0 Å². The fourth-order valence-corrected chi connectivity index (χ4v) is 2.44. The molecule has 0 spiro atoms. The second kappa shape index (κ2) is 5.30. The van der Waals surface area contributed by atoms with Gasteiger partial charge in [-0.1, -0.05) is 20.8 Å². The molecule has 0 atom stereocenters. The van der Waals surface area contributed by atoms with Gasteiger partial charge in [0.2, 0.25) is 10.0 Å². The Hall–Kier alpha value is -1.10. The average Bonchev–Trinajstić information content (AvgIpc) is 2.17. The van der Waals surface area contributed by atoms with E-state index in [0.29, 0.717) is 18.0 Å². The van der Waals surface area contributed by atoms with Crippen molar-refractivity contribution >= 4 is 15.7 Å². The molecular formula is C11H18N2O2S. The van der Waals surface area contributed by atoms with Crippen LogP contribution in [-0.2, 0) is 10.0 Å². The molecule has 90 valence electrons. The Balaban J connectivity index is 2.86. The van der Waals surface area contributed by atoms with Gasteiger partial charge in [-0.05, 0) is 24.0 Å². The topological polar surface area (TPSA) is 59.1 Å². The Morgan fingerprint density at radius 2 is 2.06 bits per heavy atom. The minimum absolute atomic E-state index is 0.138. The molecule has 0 aliphatic heterocycles. The van der Waals surface area contributed by atoms with Gasteiger partial charge < -0.3 is 0 Å². The fourth-order valence-electron chi connectivity index (χ4n) is 1.33. The van der Waals surface area contributed by atoms with Crippen molar-refractivity contribution in [2.75, 3.05) is 10.5 Å². The van der Waals surface area contributed by atoms with Crippen molar-refractivity contribution in [2.45, 2.75) is 33.1 Å². The van der Waals surface area contributed by atoms with E-state index in [2.05, 4.69) is 9.71 Å². The Kier molecular flexibility index (Phi) is 4.29. The summed E-state index contributed by atoms with van der Waals surface area (Å²) in [5.74, 6) is 0.474. The summed E-state index contributed by atoms with van der Waals surface area (Å²) in [6, 6.07) is 1.82. The van der Waals surface area contributed by atoms with Crippen LogP contribution in [0.25, 0.3) is 0 Å². The minimum atomic E-state index is -3.22. The molecule has 5 heteroatoms. The molecule has 0 amide bonds. The quantitative estimate of drug-likeness (QED) is 0.862. The molecule has 1 aromatic rings. The lowest BCUT2D eigenvalue weighted by Crippen LogP contribution is -2.16. The van der Waals surface area contributed by atoms with Crippen LogP contribution in [0.5, 0.6) is 0 Å². The maximum absolute atomic E-state index is 11.5. The molecule has 4 nitrogen and oxygen atoms in total. The van der Waals surface area contributed by atoms with Gasteiger partial charge in [0.05, 0.1) is 17.6 Å². The summed E-state index contributed by atoms with van der Waals surface area (Å²) in [6.45, 7) is 5.92. The molecule has 0 unspecified atom stereocenters. The van der Waals surface area contributed by atoms with Crippen molar-refractivity contribution in [2.24, 2.45) is 0 Å². The summed E-state index contributed by atoms with van der Waals surface area (Å²) in [6.07, 6.45) is 3.88. The van der Waals surface area contributed by atoms with Crippen LogP contribution in [0.4, 0.5) is 5.69 Å². The van der Waals surface area contributed by atoms with Gasteiger partial charge in [-0.15, -0.1) is 0 Å². The van der Waals surface area contributed by atoms with Gasteiger partial charge >= 0.3 is 0 Å². The molecule has 0 saturated heterocycles. The van der Waals surface area contributed by atoms with Crippen LogP contribution >= 0.6 is 0 Å². The molecule has 0 fully saturated rings. The highest BCUT2D eigenvalue weighted by molar-refractivity contribution is 7.92. The molecular weight excluding hydrogens is 224 g/mol. The zero-order valence-electron chi connectivity index (χ0n) is 9.90. The normalized spacial score (nSPS) is 11.8. The Morgan fingerprint density at radius 3 is 2.62 bits per heavy atom. The molecule has 1 aromatic heterocycles. The third-order valence-electron chi connectivity index (χ3n) is 2.17. The first-order chi connectivity index (χ1) is 7.44. The van der Waals surface area contributed by atoms with E-state index in [1.807, 2.05) is 26.8 Å². The summed E-state index contributed by atoms with van der Waals surface area (Å²) in [7, 11) is -3.22. The number of nitrogens with one attached hydrogen (secondary N) is 1. The fraction of sp³-hybridized carbons (Fsp3) is 0.545. The van der Waals surface area contributed by atoms with Crippen LogP contribution in [0.3, 0.4) is 0 Å². The zero-order valence-corrected chi connectivity index (χ0v) is 10.7. The van der Waals surface area contributed by atoms with Gasteiger partial charge in [0.15, 0.2) is 0 Å². The van der Waals surface area contributed by atoms with Crippen molar-refractivity contribution in [3.05, 3.63) is 24.0 Å². The first-order valence-electron chi connectivity index (χ1n) is 5.40. The number of aromatic nitrogens is 1. The number of sulfonamides is 1. The van der Waals surface area contributed by atoms with Gasteiger partial charge in [-0.3, -0.25) is 9.71 Å². The predicted molar refractivity (Wildman–Crippen MR) is 66.0 cm³/mol. The first-order valence-corrected chi connectivity index (χ1v) is 7.05. The Bertz CT molecular complexity index is 441. The van der Waals surface area contributed by atoms with Crippen LogP contribution in [0.15, 0.2) is 18.5 Å². The average molecular weight is 242 g/mol. The van der Waals surface area contributed by atoms with E-state index in [-0.39, 0.29) is 5.75 Å². The standard InChI is InChI=1S/C11H18N2O2S/c1-4-5-16(14,15)13-11-6-10(9(2)3)7-12-8-11/h6-9,13H,4-5H2,1-3H3. The van der Waals surface area contributed by atoms with Crippen molar-refractivity contribution in [3.8, 4) is 0 Å². The van der Waals surface area contributed by atoms with E-state index in [0.717, 1.165) is 5.56 Å². The van der Waals surface area contributed by atoms with Gasteiger partial charge in [-0.25, -0.2) is 8.42 Å². The number of rotatable bonds is 5. The summed E-state index contributed by atoms with van der Waals surface area (Å²) in [5.41, 5.74) is 1.57. The smallest absolute Gasteiger partial charge is 0.232 e. The van der Waals surface area contributed by atoms with Crippen LogP contribution < -0.4 is 4.72 Å². The van der Waals surface area contributed by atoms with Gasteiger partial charge in [0.1, 0.15) is 0 Å². The lowest BCUT2D eigenvalue weighted by Gasteiger charge is -2.09. The first kappa shape index (κ1) is 13.0. The van der Waals surface area contributed by atoms with E-state index in [1.165, 1.54) is 6.20 Å². The number of pyridine rings is 1. The van der Waals surface area contributed by atoms with Gasteiger partial charge in [0.25, 0.3) is 0 Å². The monoisotopic (exact) mass is 242 g/mol. The van der Waals surface area contributed by atoms with E-state index in [9.17, 15) is 8.42 Å². The molecule has 0 aliphatic carbocycles. The van der Waals surface area contributed by atoms with Crippen LogP contribution in [0, 0.1) is 0 Å². The SMILES string of the molecule is CCCS(=O)(=O)Nc1cncc(C(C)C)c1. The van der Waals surface area contributed by atoms with E-state index < -0.39 is 10.0 Å². The van der Waals surface area contributed by atoms with Gasteiger partial charge in [0, 0.05) is 6.20 Å². The van der Waals surface area contributed by atoms with Crippen molar-refractivity contribution in [1.29, 1.82) is 0 Å². The lowest BCUT2D eigenvalue weighted by molar-refractivity contribution is 0.600. The minimum Gasteiger partial charge on any atom is -0.282 e. The summed E-state index contributed by atoms with van der Waals surface area (Å²) >= 11 is 0. The highest BCUT2D eigenvalue weighted by Crippen LogP contribution is 2.17. The number of nitrogens with zero attached hydrogens (tertiary/aromatic N) is 1. The zero-order chi connectivity index (χ0) is 12.2. The largest absolute Gasteiger partial charge is 0.282 e. The van der Waals surface area contributed by atoms with Crippen LogP contribution in [-0.4, -0.2) is 19.2 Å². The molecule has 0 aromatic carbocycles. The molecule has 0 aliphatic rings. The maximum atomic E-state index is 11.5. The number of hydrogen-bond acceptors (Lipinski definition) is 3. The van der Waals surface area contributed by atoms with Crippen molar-refractivity contribution < 1.29 is 8.42 Å². The third kappa shape index (κ3) is 3.81. The van der Waals surface area contributed by atoms with E-state index in [1.54, 1.807) is 6.20 Å². The number of anilines is 1. The molecule has 1 N–H and O–H groups in total. The van der Waals surface area contributed by atoms with Crippen LogP contribution in [0.2, 0.25) is 0 Å². The summed E-state index contributed by atoms with van der Waals surface area (Å²) < 4.78 is 25.6. The number of hydrogen-bond donors (Lipinski definition) is 1. The summed E-state index contributed by atoms with van der Waals surface area (Å²) in [5, 5.41) is 0. The highest BCUT2D eigenvalue weighted by Gasteiger charge is 2.09. The summed E-state index contributed by atoms with van der Waals surface area (Å²) in [4.78, 5) is 4.02. The Morgan fingerprint density at radius 1 is 1.38 bits per heavy atom. The van der Waals surface area contributed by atoms with Crippen molar-refractivity contribution in [3.63, 3.8) is 0 Å². The lowest BCUT2D eigenvalue weighted by atomic mass is 10.1. The third-order valence-corrected chi connectivity index (χ3v) is 3.66. The molecule has 1 rings (SSSR count). The second-order valence-corrected chi connectivity index (χ2v) is 5.92. The molecule has 0 saturated carbocycles. The van der Waals surface area contributed by atoms with Gasteiger partial charge in [-0.2, -0.15) is 0 Å². The van der Waals surface area contributed by atoms with Crippen molar-refractivity contribution in [1.82, 2.24) is 4.98 Å². The van der Waals surface area contributed by atoms with E-state index in [4.69, 9.17) is 0 Å². The Labute approximate surface area is 97.2 Å².